The third-order valence-corrected chi connectivity index (χ3v) is 4.58. The molecule has 0 N–H and O–H groups in total. The van der Waals surface area contributed by atoms with Gasteiger partial charge in [-0.15, -0.1) is 0 Å². The fraction of sp³-hybridized carbons (Fsp3) is 0.875. The maximum absolute atomic E-state index is 5.42. The lowest BCUT2D eigenvalue weighted by Crippen LogP contribution is -2.44. The van der Waals surface area contributed by atoms with E-state index in [0.29, 0.717) is 0 Å². The van der Waals surface area contributed by atoms with Gasteiger partial charge < -0.3 is 4.74 Å². The first kappa shape index (κ1) is 15.0. The molecule has 0 saturated carbocycles. The van der Waals surface area contributed by atoms with Crippen molar-refractivity contribution in [2.24, 2.45) is 0 Å². The molecule has 2 fully saturated rings. The normalized spacial score (nSPS) is 27.7. The molecule has 0 spiro atoms. The van der Waals surface area contributed by atoms with Gasteiger partial charge in [0, 0.05) is 25.7 Å². The third kappa shape index (κ3) is 4.90. The maximum Gasteiger partial charge on any atom is 0.0594 e. The monoisotopic (exact) mass is 266 g/mol. The lowest BCUT2D eigenvalue weighted by Gasteiger charge is -2.37. The van der Waals surface area contributed by atoms with Gasteiger partial charge in [-0.25, -0.2) is 0 Å². The van der Waals surface area contributed by atoms with E-state index < -0.39 is 0 Å². The molecule has 1 atom stereocenters. The Bertz CT molecular complexity index is 284. The van der Waals surface area contributed by atoms with E-state index in [-0.39, 0.29) is 0 Å². The molecule has 2 heterocycles. The summed E-state index contributed by atoms with van der Waals surface area (Å²) in [7, 11) is 0. The molecule has 3 nitrogen and oxygen atoms in total. The average Bonchev–Trinajstić information content (AvgIpc) is 2.47. The highest BCUT2D eigenvalue weighted by Crippen LogP contribution is 2.21. The number of hydrogen-bond acceptors (Lipinski definition) is 3. The number of piperidine rings is 1. The summed E-state index contributed by atoms with van der Waals surface area (Å²) in [4.78, 5) is 5.28. The SMILES string of the molecule is C/C=C(\C)CN1CCCCC1CCN1CCOCC1. The van der Waals surface area contributed by atoms with Crippen LogP contribution < -0.4 is 0 Å². The summed E-state index contributed by atoms with van der Waals surface area (Å²) in [6.07, 6.45) is 7.77. The fourth-order valence-electron chi connectivity index (χ4n) is 3.16. The van der Waals surface area contributed by atoms with E-state index in [4.69, 9.17) is 4.74 Å². The molecular weight excluding hydrogens is 236 g/mol. The van der Waals surface area contributed by atoms with Crippen LogP contribution >= 0.6 is 0 Å². The highest BCUT2D eigenvalue weighted by atomic mass is 16.5. The van der Waals surface area contributed by atoms with Crippen molar-refractivity contribution in [3.63, 3.8) is 0 Å². The van der Waals surface area contributed by atoms with Gasteiger partial charge in [0.25, 0.3) is 0 Å². The van der Waals surface area contributed by atoms with Crippen molar-refractivity contribution in [1.29, 1.82) is 0 Å². The van der Waals surface area contributed by atoms with Crippen molar-refractivity contribution in [3.05, 3.63) is 11.6 Å². The zero-order valence-electron chi connectivity index (χ0n) is 12.7. The fourth-order valence-corrected chi connectivity index (χ4v) is 3.16. The van der Waals surface area contributed by atoms with Crippen molar-refractivity contribution in [2.45, 2.75) is 45.6 Å². The molecule has 2 saturated heterocycles. The van der Waals surface area contributed by atoms with Crippen molar-refractivity contribution >= 4 is 0 Å². The van der Waals surface area contributed by atoms with E-state index in [0.717, 1.165) is 32.3 Å². The van der Waals surface area contributed by atoms with Crippen molar-refractivity contribution in [1.82, 2.24) is 9.80 Å². The minimum atomic E-state index is 0.798. The second kappa shape index (κ2) is 8.03. The number of rotatable bonds is 5. The second-order valence-electron chi connectivity index (χ2n) is 6.00. The van der Waals surface area contributed by atoms with E-state index in [9.17, 15) is 0 Å². The molecule has 0 bridgehead atoms. The Labute approximate surface area is 118 Å². The minimum absolute atomic E-state index is 0.798. The van der Waals surface area contributed by atoms with Gasteiger partial charge in [0.2, 0.25) is 0 Å². The quantitative estimate of drug-likeness (QED) is 0.711. The molecular formula is C16H30N2O. The molecule has 0 amide bonds. The van der Waals surface area contributed by atoms with Crippen LogP contribution in [0.5, 0.6) is 0 Å². The van der Waals surface area contributed by atoms with Gasteiger partial charge in [0.1, 0.15) is 0 Å². The van der Waals surface area contributed by atoms with Crippen LogP contribution in [0.3, 0.4) is 0 Å². The van der Waals surface area contributed by atoms with Crippen LogP contribution in [0.1, 0.15) is 39.5 Å². The van der Waals surface area contributed by atoms with Gasteiger partial charge in [0.05, 0.1) is 13.2 Å². The summed E-state index contributed by atoms with van der Waals surface area (Å²) in [5.41, 5.74) is 1.51. The Balaban J connectivity index is 1.78. The minimum Gasteiger partial charge on any atom is -0.379 e. The van der Waals surface area contributed by atoms with E-state index in [2.05, 4.69) is 29.7 Å². The standard InChI is InChI=1S/C16H30N2O/c1-3-15(2)14-18-8-5-4-6-16(18)7-9-17-10-12-19-13-11-17/h3,16H,4-14H2,1-2H3/b15-3+. The first-order chi connectivity index (χ1) is 9.29. The first-order valence-electron chi connectivity index (χ1n) is 7.95. The molecule has 2 rings (SSSR count). The molecule has 110 valence electrons. The highest BCUT2D eigenvalue weighted by Gasteiger charge is 2.23. The third-order valence-electron chi connectivity index (χ3n) is 4.58. The topological polar surface area (TPSA) is 15.7 Å². The summed E-state index contributed by atoms with van der Waals surface area (Å²) in [5.74, 6) is 0. The molecule has 3 heteroatoms. The van der Waals surface area contributed by atoms with Gasteiger partial charge in [0.15, 0.2) is 0 Å². The zero-order valence-corrected chi connectivity index (χ0v) is 12.7. The van der Waals surface area contributed by atoms with Crippen LogP contribution in [-0.2, 0) is 4.74 Å². The molecule has 0 aromatic rings. The van der Waals surface area contributed by atoms with E-state index in [1.807, 2.05) is 0 Å². The molecule has 0 radical (unpaired) electrons. The van der Waals surface area contributed by atoms with Gasteiger partial charge in [-0.3, -0.25) is 9.80 Å². The predicted molar refractivity (Wildman–Crippen MR) is 80.5 cm³/mol. The Morgan fingerprint density at radius 1 is 1.21 bits per heavy atom. The van der Waals surface area contributed by atoms with Crippen LogP contribution in [-0.4, -0.2) is 61.8 Å². The highest BCUT2D eigenvalue weighted by molar-refractivity contribution is 5.00. The second-order valence-corrected chi connectivity index (χ2v) is 6.00. The van der Waals surface area contributed by atoms with Crippen LogP contribution in [0, 0.1) is 0 Å². The molecule has 2 aliphatic heterocycles. The van der Waals surface area contributed by atoms with Crippen LogP contribution in [0.2, 0.25) is 0 Å². The largest absolute Gasteiger partial charge is 0.379 e. The smallest absolute Gasteiger partial charge is 0.0594 e. The first-order valence-corrected chi connectivity index (χ1v) is 7.95. The number of morpholine rings is 1. The molecule has 0 aromatic carbocycles. The number of allylic oxidation sites excluding steroid dienone is 1. The molecule has 1 unspecified atom stereocenters. The number of nitrogens with zero attached hydrogens (tertiary/aromatic N) is 2. The molecule has 0 aromatic heterocycles. The Morgan fingerprint density at radius 3 is 2.74 bits per heavy atom. The van der Waals surface area contributed by atoms with Crippen molar-refractivity contribution in [2.75, 3.05) is 45.9 Å². The van der Waals surface area contributed by atoms with Crippen LogP contribution in [0.25, 0.3) is 0 Å². The van der Waals surface area contributed by atoms with Gasteiger partial charge in [-0.2, -0.15) is 0 Å². The number of ether oxygens (including phenoxy) is 1. The van der Waals surface area contributed by atoms with Crippen molar-refractivity contribution in [3.8, 4) is 0 Å². The lowest BCUT2D eigenvalue weighted by molar-refractivity contribution is 0.0313. The molecule has 19 heavy (non-hydrogen) atoms. The summed E-state index contributed by atoms with van der Waals surface area (Å²) in [6.45, 7) is 12.2. The van der Waals surface area contributed by atoms with Gasteiger partial charge in [-0.05, 0) is 46.2 Å². The summed E-state index contributed by atoms with van der Waals surface area (Å²) < 4.78 is 5.42. The predicted octanol–water partition coefficient (Wildman–Crippen LogP) is 2.53. The maximum atomic E-state index is 5.42. The van der Waals surface area contributed by atoms with E-state index >= 15 is 0 Å². The van der Waals surface area contributed by atoms with E-state index in [1.54, 1.807) is 0 Å². The molecule has 2 aliphatic rings. The number of likely N-dealkylation sites (tertiary alicyclic amines) is 1. The van der Waals surface area contributed by atoms with Crippen LogP contribution in [0.15, 0.2) is 11.6 Å². The number of hydrogen-bond donors (Lipinski definition) is 0. The van der Waals surface area contributed by atoms with Crippen molar-refractivity contribution < 1.29 is 4.74 Å². The molecule has 0 aliphatic carbocycles. The zero-order chi connectivity index (χ0) is 13.5. The summed E-state index contributed by atoms with van der Waals surface area (Å²) in [5, 5.41) is 0. The summed E-state index contributed by atoms with van der Waals surface area (Å²) >= 11 is 0. The summed E-state index contributed by atoms with van der Waals surface area (Å²) in [6, 6.07) is 0.798. The van der Waals surface area contributed by atoms with Gasteiger partial charge >= 0.3 is 0 Å². The van der Waals surface area contributed by atoms with Crippen LogP contribution in [0.4, 0.5) is 0 Å². The average molecular weight is 266 g/mol. The Kier molecular flexibility index (Phi) is 6.35. The Hall–Kier alpha value is -0.380. The lowest BCUT2D eigenvalue weighted by atomic mass is 9.98. The Morgan fingerprint density at radius 2 is 2.00 bits per heavy atom. The van der Waals surface area contributed by atoms with Gasteiger partial charge in [-0.1, -0.05) is 18.1 Å². The van der Waals surface area contributed by atoms with E-state index in [1.165, 1.54) is 50.9 Å².